The van der Waals surface area contributed by atoms with Crippen molar-refractivity contribution in [2.45, 2.75) is 25.9 Å². The maximum atomic E-state index is 12.6. The molecule has 0 bridgehead atoms. The molecule has 0 saturated heterocycles. The van der Waals surface area contributed by atoms with Crippen LogP contribution in [0.25, 0.3) is 0 Å². The second-order valence-electron chi connectivity index (χ2n) is 3.38. The molecule has 0 aliphatic rings. The summed E-state index contributed by atoms with van der Waals surface area (Å²) in [6, 6.07) is 6.28. The first kappa shape index (κ1) is 11.9. The molecule has 0 radical (unpaired) electrons. The summed E-state index contributed by atoms with van der Waals surface area (Å²) in [5.41, 5.74) is -2.06. The van der Waals surface area contributed by atoms with E-state index in [2.05, 4.69) is 0 Å². The van der Waals surface area contributed by atoms with Crippen LogP contribution in [-0.2, 0) is 5.60 Å². The molecule has 0 saturated carbocycles. The van der Waals surface area contributed by atoms with Crippen molar-refractivity contribution < 1.29 is 18.6 Å². The van der Waals surface area contributed by atoms with Crippen LogP contribution in [-0.4, -0.2) is 18.1 Å². The van der Waals surface area contributed by atoms with Gasteiger partial charge < -0.3 is 9.84 Å². The van der Waals surface area contributed by atoms with E-state index in [1.807, 2.05) is 0 Å². The van der Waals surface area contributed by atoms with Crippen LogP contribution in [0, 0.1) is 0 Å². The summed E-state index contributed by atoms with van der Waals surface area (Å²) < 4.78 is 30.4. The van der Waals surface area contributed by atoms with Crippen molar-refractivity contribution in [1.29, 1.82) is 0 Å². The Labute approximate surface area is 87.5 Å². The van der Waals surface area contributed by atoms with Crippen molar-refractivity contribution in [2.75, 3.05) is 6.61 Å². The summed E-state index contributed by atoms with van der Waals surface area (Å²) in [5, 5.41) is 9.64. The van der Waals surface area contributed by atoms with E-state index in [1.165, 1.54) is 6.07 Å². The van der Waals surface area contributed by atoms with Gasteiger partial charge in [0.25, 0.3) is 6.43 Å². The van der Waals surface area contributed by atoms with Crippen LogP contribution in [0.15, 0.2) is 24.3 Å². The summed E-state index contributed by atoms with van der Waals surface area (Å²) >= 11 is 0. The average Bonchev–Trinajstić information content (AvgIpc) is 2.18. The van der Waals surface area contributed by atoms with E-state index in [0.29, 0.717) is 12.4 Å². The molecule has 0 aliphatic heterocycles. The normalized spacial score (nSPS) is 15.1. The largest absolute Gasteiger partial charge is 0.493 e. The van der Waals surface area contributed by atoms with Crippen LogP contribution < -0.4 is 4.74 Å². The fourth-order valence-electron chi connectivity index (χ4n) is 1.28. The lowest BCUT2D eigenvalue weighted by Gasteiger charge is -2.24. The highest BCUT2D eigenvalue weighted by molar-refractivity contribution is 5.38. The standard InChI is InChI=1S/C11H14F2O2/c1-3-15-9-7-5-4-6-8(9)11(2,14)10(12)13/h4-7,10,14H,3H2,1-2H3. The molecular formula is C11H14F2O2. The third kappa shape index (κ3) is 2.45. The number of ether oxygens (including phenoxy) is 1. The molecule has 15 heavy (non-hydrogen) atoms. The third-order valence-corrected chi connectivity index (χ3v) is 2.16. The first-order valence-electron chi connectivity index (χ1n) is 4.73. The molecule has 1 N–H and O–H groups in total. The summed E-state index contributed by atoms with van der Waals surface area (Å²) in [7, 11) is 0. The number of benzene rings is 1. The van der Waals surface area contributed by atoms with Crippen LogP contribution in [0.3, 0.4) is 0 Å². The van der Waals surface area contributed by atoms with Crippen molar-refractivity contribution >= 4 is 0 Å². The lowest BCUT2D eigenvalue weighted by molar-refractivity contribution is -0.0895. The molecular weight excluding hydrogens is 202 g/mol. The fourth-order valence-corrected chi connectivity index (χ4v) is 1.28. The van der Waals surface area contributed by atoms with E-state index < -0.39 is 12.0 Å². The molecule has 84 valence electrons. The van der Waals surface area contributed by atoms with Gasteiger partial charge in [0.2, 0.25) is 0 Å². The molecule has 0 aliphatic carbocycles. The molecule has 0 heterocycles. The Morgan fingerprint density at radius 1 is 1.40 bits per heavy atom. The molecule has 0 spiro atoms. The molecule has 0 fully saturated rings. The molecule has 2 nitrogen and oxygen atoms in total. The predicted molar refractivity (Wildman–Crippen MR) is 53.2 cm³/mol. The SMILES string of the molecule is CCOc1ccccc1C(C)(O)C(F)F. The molecule has 0 amide bonds. The molecule has 1 atom stereocenters. The van der Waals surface area contributed by atoms with E-state index in [1.54, 1.807) is 25.1 Å². The zero-order valence-corrected chi connectivity index (χ0v) is 8.71. The topological polar surface area (TPSA) is 29.5 Å². The molecule has 1 aromatic rings. The quantitative estimate of drug-likeness (QED) is 0.838. The fraction of sp³-hybridized carbons (Fsp3) is 0.455. The van der Waals surface area contributed by atoms with Crippen molar-refractivity contribution in [3.8, 4) is 5.75 Å². The number of halogens is 2. The monoisotopic (exact) mass is 216 g/mol. The van der Waals surface area contributed by atoms with Crippen LogP contribution >= 0.6 is 0 Å². The number of hydrogen-bond acceptors (Lipinski definition) is 2. The summed E-state index contributed by atoms with van der Waals surface area (Å²) in [6.45, 7) is 3.21. The second-order valence-corrected chi connectivity index (χ2v) is 3.38. The van der Waals surface area contributed by atoms with Crippen molar-refractivity contribution in [1.82, 2.24) is 0 Å². The number of rotatable bonds is 4. The van der Waals surface area contributed by atoms with Crippen LogP contribution in [0.2, 0.25) is 0 Å². The van der Waals surface area contributed by atoms with Crippen molar-refractivity contribution in [3.63, 3.8) is 0 Å². The van der Waals surface area contributed by atoms with Gasteiger partial charge in [-0.15, -0.1) is 0 Å². The number of aliphatic hydroxyl groups is 1. The summed E-state index contributed by atoms with van der Waals surface area (Å²) in [6.07, 6.45) is -2.85. The first-order valence-corrected chi connectivity index (χ1v) is 4.73. The molecule has 0 aromatic heterocycles. The number of alkyl halides is 2. The summed E-state index contributed by atoms with van der Waals surface area (Å²) in [4.78, 5) is 0. The molecule has 4 heteroatoms. The van der Waals surface area contributed by atoms with E-state index in [-0.39, 0.29) is 5.56 Å². The minimum atomic E-state index is -2.85. The Balaban J connectivity index is 3.12. The van der Waals surface area contributed by atoms with Crippen LogP contribution in [0.5, 0.6) is 5.75 Å². The van der Waals surface area contributed by atoms with Gasteiger partial charge in [-0.3, -0.25) is 0 Å². The van der Waals surface area contributed by atoms with Gasteiger partial charge in [-0.2, -0.15) is 0 Å². The zero-order valence-electron chi connectivity index (χ0n) is 8.71. The van der Waals surface area contributed by atoms with Crippen molar-refractivity contribution in [3.05, 3.63) is 29.8 Å². The lowest BCUT2D eigenvalue weighted by Crippen LogP contribution is -2.30. The zero-order chi connectivity index (χ0) is 11.5. The average molecular weight is 216 g/mol. The molecule has 1 aromatic carbocycles. The van der Waals surface area contributed by atoms with Crippen LogP contribution in [0.1, 0.15) is 19.4 Å². The lowest BCUT2D eigenvalue weighted by atomic mass is 9.95. The van der Waals surface area contributed by atoms with Gasteiger partial charge >= 0.3 is 0 Å². The Hall–Kier alpha value is -1.16. The highest BCUT2D eigenvalue weighted by Crippen LogP contribution is 2.34. The highest BCUT2D eigenvalue weighted by Gasteiger charge is 2.36. The second kappa shape index (κ2) is 4.57. The molecule has 1 unspecified atom stereocenters. The Bertz CT molecular complexity index is 324. The Kier molecular flexibility index (Phi) is 3.63. The minimum absolute atomic E-state index is 0.113. The van der Waals surface area contributed by atoms with Gasteiger partial charge in [-0.25, -0.2) is 8.78 Å². The third-order valence-electron chi connectivity index (χ3n) is 2.16. The van der Waals surface area contributed by atoms with Gasteiger partial charge in [0.15, 0.2) is 5.60 Å². The first-order chi connectivity index (χ1) is 7.00. The maximum Gasteiger partial charge on any atom is 0.270 e. The van der Waals surface area contributed by atoms with E-state index in [4.69, 9.17) is 4.74 Å². The van der Waals surface area contributed by atoms with Gasteiger partial charge in [0.1, 0.15) is 5.75 Å². The minimum Gasteiger partial charge on any atom is -0.493 e. The van der Waals surface area contributed by atoms with E-state index in [0.717, 1.165) is 6.92 Å². The number of hydrogen-bond donors (Lipinski definition) is 1. The Morgan fingerprint density at radius 3 is 2.53 bits per heavy atom. The smallest absolute Gasteiger partial charge is 0.270 e. The van der Waals surface area contributed by atoms with E-state index in [9.17, 15) is 13.9 Å². The van der Waals surface area contributed by atoms with Gasteiger partial charge in [0, 0.05) is 5.56 Å². The van der Waals surface area contributed by atoms with Crippen molar-refractivity contribution in [2.24, 2.45) is 0 Å². The van der Waals surface area contributed by atoms with Gasteiger partial charge in [-0.05, 0) is 19.9 Å². The van der Waals surface area contributed by atoms with Gasteiger partial charge in [-0.1, -0.05) is 18.2 Å². The highest BCUT2D eigenvalue weighted by atomic mass is 19.3. The predicted octanol–water partition coefficient (Wildman–Crippen LogP) is 2.56. The number of para-hydroxylation sites is 1. The van der Waals surface area contributed by atoms with E-state index >= 15 is 0 Å². The van der Waals surface area contributed by atoms with Crippen LogP contribution in [0.4, 0.5) is 8.78 Å². The maximum absolute atomic E-state index is 12.6. The summed E-state index contributed by atoms with van der Waals surface area (Å²) in [5.74, 6) is 0.297. The molecule has 1 rings (SSSR count). The Morgan fingerprint density at radius 2 is 2.00 bits per heavy atom. The van der Waals surface area contributed by atoms with Gasteiger partial charge in [0.05, 0.1) is 6.61 Å².